The van der Waals surface area contributed by atoms with Crippen molar-refractivity contribution in [2.75, 3.05) is 18.9 Å². The van der Waals surface area contributed by atoms with E-state index >= 15 is 0 Å². The number of para-hydroxylation sites is 1. The largest absolute Gasteiger partial charge is 0.370 e. The molecule has 90 valence electrons. The fourth-order valence-corrected chi connectivity index (χ4v) is 1.93. The van der Waals surface area contributed by atoms with Gasteiger partial charge in [0.15, 0.2) is 0 Å². The second-order valence-corrected chi connectivity index (χ2v) is 4.14. The lowest BCUT2D eigenvalue weighted by atomic mass is 10.1. The lowest BCUT2D eigenvalue weighted by Gasteiger charge is -2.10. The van der Waals surface area contributed by atoms with E-state index in [-0.39, 0.29) is 0 Å². The van der Waals surface area contributed by atoms with Crippen LogP contribution in [0.1, 0.15) is 18.9 Å². The zero-order chi connectivity index (χ0) is 12.1. The summed E-state index contributed by atoms with van der Waals surface area (Å²) >= 11 is 0. The summed E-state index contributed by atoms with van der Waals surface area (Å²) in [6.45, 7) is 3.98. The fraction of sp³-hybridized carbons (Fsp3) is 0.357. The van der Waals surface area contributed by atoms with Crippen molar-refractivity contribution in [3.63, 3.8) is 0 Å². The lowest BCUT2D eigenvalue weighted by molar-refractivity contribution is 0.822. The first-order chi connectivity index (χ1) is 8.35. The summed E-state index contributed by atoms with van der Waals surface area (Å²) in [7, 11) is 1.97. The van der Waals surface area contributed by atoms with Crippen molar-refractivity contribution in [3.8, 4) is 0 Å². The van der Waals surface area contributed by atoms with Crippen molar-refractivity contribution < 1.29 is 0 Å². The summed E-state index contributed by atoms with van der Waals surface area (Å²) in [6.07, 6.45) is 1.11. The second-order valence-electron chi connectivity index (χ2n) is 4.14. The van der Waals surface area contributed by atoms with Crippen LogP contribution in [0, 0.1) is 0 Å². The Labute approximate surface area is 102 Å². The minimum Gasteiger partial charge on any atom is -0.370 e. The molecule has 0 radical (unpaired) electrons. The smallest absolute Gasteiger partial charge is 0.126 e. The highest BCUT2D eigenvalue weighted by molar-refractivity contribution is 5.84. The Balaban J connectivity index is 2.43. The van der Waals surface area contributed by atoms with Crippen molar-refractivity contribution in [1.82, 2.24) is 10.3 Å². The summed E-state index contributed by atoms with van der Waals surface area (Å²) in [5, 5.41) is 7.78. The van der Waals surface area contributed by atoms with E-state index in [2.05, 4.69) is 46.8 Å². The van der Waals surface area contributed by atoms with Crippen molar-refractivity contribution >= 4 is 16.7 Å². The Morgan fingerprint density at radius 2 is 2.06 bits per heavy atom. The molecule has 2 rings (SSSR count). The number of hydrogen-bond acceptors (Lipinski definition) is 3. The maximum Gasteiger partial charge on any atom is 0.126 e. The van der Waals surface area contributed by atoms with E-state index in [0.29, 0.717) is 0 Å². The van der Waals surface area contributed by atoms with Crippen LogP contribution in [0.15, 0.2) is 30.3 Å². The first kappa shape index (κ1) is 11.9. The van der Waals surface area contributed by atoms with Crippen LogP contribution >= 0.6 is 0 Å². The molecule has 17 heavy (non-hydrogen) atoms. The van der Waals surface area contributed by atoms with Gasteiger partial charge in [0.25, 0.3) is 0 Å². The third-order valence-electron chi connectivity index (χ3n) is 2.73. The van der Waals surface area contributed by atoms with Gasteiger partial charge in [0.1, 0.15) is 5.82 Å². The Morgan fingerprint density at radius 3 is 2.82 bits per heavy atom. The van der Waals surface area contributed by atoms with Gasteiger partial charge in [-0.15, -0.1) is 0 Å². The zero-order valence-corrected chi connectivity index (χ0v) is 10.5. The van der Waals surface area contributed by atoms with E-state index in [0.717, 1.165) is 30.8 Å². The lowest BCUT2D eigenvalue weighted by Crippen LogP contribution is -2.08. The average molecular weight is 229 g/mol. The molecule has 1 aromatic carbocycles. The van der Waals surface area contributed by atoms with Gasteiger partial charge in [0, 0.05) is 18.5 Å². The molecule has 3 heteroatoms. The van der Waals surface area contributed by atoms with Gasteiger partial charge in [-0.05, 0) is 31.2 Å². The molecule has 0 unspecified atom stereocenters. The van der Waals surface area contributed by atoms with Crippen LogP contribution in [0.2, 0.25) is 0 Å². The normalized spacial score (nSPS) is 10.7. The topological polar surface area (TPSA) is 37.0 Å². The highest BCUT2D eigenvalue weighted by Crippen LogP contribution is 2.20. The van der Waals surface area contributed by atoms with Gasteiger partial charge in [0.05, 0.1) is 5.52 Å². The van der Waals surface area contributed by atoms with Crippen LogP contribution in [0.25, 0.3) is 10.9 Å². The van der Waals surface area contributed by atoms with Gasteiger partial charge in [-0.3, -0.25) is 0 Å². The maximum absolute atomic E-state index is 4.62. The zero-order valence-electron chi connectivity index (χ0n) is 10.5. The standard InChI is InChI=1S/C14H19N3/c1-3-8-16-14-9-11(10-15-2)12-6-4-5-7-13(12)17-14/h4-7,9,15H,3,8,10H2,1-2H3,(H,16,17). The average Bonchev–Trinajstić information content (AvgIpc) is 2.37. The minimum absolute atomic E-state index is 0.865. The summed E-state index contributed by atoms with van der Waals surface area (Å²) in [5.74, 6) is 0.968. The summed E-state index contributed by atoms with van der Waals surface area (Å²) in [4.78, 5) is 4.62. The van der Waals surface area contributed by atoms with Crippen LogP contribution in [0.5, 0.6) is 0 Å². The number of anilines is 1. The fourth-order valence-electron chi connectivity index (χ4n) is 1.93. The monoisotopic (exact) mass is 229 g/mol. The molecule has 2 aromatic rings. The molecular formula is C14H19N3. The summed E-state index contributed by atoms with van der Waals surface area (Å²) in [5.41, 5.74) is 2.34. The molecule has 0 bridgehead atoms. The van der Waals surface area contributed by atoms with Gasteiger partial charge in [0.2, 0.25) is 0 Å². The number of benzene rings is 1. The van der Waals surface area contributed by atoms with E-state index in [4.69, 9.17) is 0 Å². The Bertz CT molecular complexity index is 494. The third-order valence-corrected chi connectivity index (χ3v) is 2.73. The molecule has 3 nitrogen and oxygen atoms in total. The van der Waals surface area contributed by atoms with Crippen molar-refractivity contribution in [1.29, 1.82) is 0 Å². The van der Waals surface area contributed by atoms with E-state index < -0.39 is 0 Å². The second kappa shape index (κ2) is 5.64. The van der Waals surface area contributed by atoms with Crippen molar-refractivity contribution in [3.05, 3.63) is 35.9 Å². The molecule has 1 heterocycles. The quantitative estimate of drug-likeness (QED) is 0.827. The Kier molecular flexibility index (Phi) is 3.94. The van der Waals surface area contributed by atoms with Gasteiger partial charge >= 0.3 is 0 Å². The molecule has 0 amide bonds. The van der Waals surface area contributed by atoms with Crippen LogP contribution < -0.4 is 10.6 Å². The number of pyridine rings is 1. The summed E-state index contributed by atoms with van der Waals surface area (Å²) < 4.78 is 0. The Morgan fingerprint density at radius 1 is 1.24 bits per heavy atom. The third kappa shape index (κ3) is 2.74. The van der Waals surface area contributed by atoms with Gasteiger partial charge in [-0.1, -0.05) is 25.1 Å². The maximum atomic E-state index is 4.62. The minimum atomic E-state index is 0.865. The van der Waals surface area contributed by atoms with Gasteiger partial charge in [-0.2, -0.15) is 0 Å². The number of nitrogens with one attached hydrogen (secondary N) is 2. The molecule has 1 aromatic heterocycles. The molecule has 0 atom stereocenters. The van der Waals surface area contributed by atoms with Crippen molar-refractivity contribution in [2.45, 2.75) is 19.9 Å². The van der Waals surface area contributed by atoms with E-state index in [1.165, 1.54) is 10.9 Å². The highest BCUT2D eigenvalue weighted by atomic mass is 15.0. The first-order valence-corrected chi connectivity index (χ1v) is 6.12. The molecule has 0 saturated carbocycles. The number of nitrogens with zero attached hydrogens (tertiary/aromatic N) is 1. The number of hydrogen-bond donors (Lipinski definition) is 2. The van der Waals surface area contributed by atoms with E-state index in [9.17, 15) is 0 Å². The summed E-state index contributed by atoms with van der Waals surface area (Å²) in [6, 6.07) is 10.4. The van der Waals surface area contributed by atoms with Gasteiger partial charge < -0.3 is 10.6 Å². The van der Waals surface area contributed by atoms with E-state index in [1.807, 2.05) is 13.1 Å². The van der Waals surface area contributed by atoms with Crippen LogP contribution in [0.4, 0.5) is 5.82 Å². The highest BCUT2D eigenvalue weighted by Gasteiger charge is 2.04. The molecule has 0 aliphatic rings. The molecule has 0 aliphatic heterocycles. The number of rotatable bonds is 5. The first-order valence-electron chi connectivity index (χ1n) is 6.12. The SMILES string of the molecule is CCCNc1cc(CNC)c2ccccc2n1. The number of fused-ring (bicyclic) bond motifs is 1. The molecule has 0 saturated heterocycles. The van der Waals surface area contributed by atoms with Crippen molar-refractivity contribution in [2.24, 2.45) is 0 Å². The Hall–Kier alpha value is -1.61. The predicted octanol–water partition coefficient (Wildman–Crippen LogP) is 2.78. The molecule has 2 N–H and O–H groups in total. The van der Waals surface area contributed by atoms with E-state index in [1.54, 1.807) is 0 Å². The molecule has 0 spiro atoms. The van der Waals surface area contributed by atoms with Gasteiger partial charge in [-0.25, -0.2) is 4.98 Å². The van der Waals surface area contributed by atoms with Crippen LogP contribution in [0.3, 0.4) is 0 Å². The van der Waals surface area contributed by atoms with Crippen LogP contribution in [-0.2, 0) is 6.54 Å². The molecule has 0 aliphatic carbocycles. The van der Waals surface area contributed by atoms with Crippen LogP contribution in [-0.4, -0.2) is 18.6 Å². The number of aromatic nitrogens is 1. The predicted molar refractivity (Wildman–Crippen MR) is 73.3 cm³/mol. The molecule has 0 fully saturated rings. The molecular weight excluding hydrogens is 210 g/mol.